The number of carbonyl (C=O) groups is 1. The number of rotatable bonds is 4. The summed E-state index contributed by atoms with van der Waals surface area (Å²) in [5.41, 5.74) is -2.55. The quantitative estimate of drug-likeness (QED) is 0.666. The van der Waals surface area contributed by atoms with E-state index in [2.05, 4.69) is 14.5 Å². The zero-order valence-corrected chi connectivity index (χ0v) is 10.6. The van der Waals surface area contributed by atoms with Gasteiger partial charge in [0.1, 0.15) is 0 Å². The van der Waals surface area contributed by atoms with Crippen molar-refractivity contribution >= 4 is 11.8 Å². The van der Waals surface area contributed by atoms with Gasteiger partial charge in [-0.25, -0.2) is 15.1 Å². The van der Waals surface area contributed by atoms with Gasteiger partial charge < -0.3 is 9.47 Å². The van der Waals surface area contributed by atoms with E-state index in [-0.39, 0.29) is 5.82 Å². The van der Waals surface area contributed by atoms with Crippen molar-refractivity contribution in [1.29, 1.82) is 0 Å². The smallest absolute Gasteiger partial charge is 0.463 e. The number of aromatic amines is 1. The first kappa shape index (κ1) is 15.2. The number of carbonyl (C=O) groups excluding carboxylic acids is 1. The first-order valence-corrected chi connectivity index (χ1v) is 5.23. The molecule has 0 unspecified atom stereocenters. The average molecular weight is 279 g/mol. The predicted octanol–water partition coefficient (Wildman–Crippen LogP) is 1.30. The van der Waals surface area contributed by atoms with Crippen molar-refractivity contribution in [2.24, 2.45) is 0 Å². The van der Waals surface area contributed by atoms with Crippen LogP contribution in [0.5, 0.6) is 0 Å². The summed E-state index contributed by atoms with van der Waals surface area (Å²) in [5.74, 6) is -1.61. The maximum Gasteiger partial charge on any atom is 0.471 e. The Morgan fingerprint density at radius 3 is 2.42 bits per heavy atom. The Hall–Kier alpha value is -1.83. The number of ether oxygens (including phenoxy) is 2. The summed E-state index contributed by atoms with van der Waals surface area (Å²) in [4.78, 5) is 14.0. The Kier molecular flexibility index (Phi) is 4.35. The standard InChI is InChI=1S/C11H13F3N2O3/c1-7-4-5-15-8(6-7)16-10(19-3,9(17)18-2)11(12,13)14/h4-6H,1-3H3,(H,15,16)/p+1/t10-/m0/s1. The highest BCUT2D eigenvalue weighted by molar-refractivity contribution is 5.83. The minimum atomic E-state index is -4.99. The van der Waals surface area contributed by atoms with Crippen molar-refractivity contribution in [3.05, 3.63) is 23.9 Å². The number of anilines is 1. The Morgan fingerprint density at radius 2 is 2.00 bits per heavy atom. The lowest BCUT2D eigenvalue weighted by molar-refractivity contribution is -0.365. The zero-order valence-electron chi connectivity index (χ0n) is 10.6. The number of aryl methyl sites for hydroxylation is 1. The Morgan fingerprint density at radius 1 is 1.37 bits per heavy atom. The van der Waals surface area contributed by atoms with Gasteiger partial charge in [0.2, 0.25) is 0 Å². The summed E-state index contributed by atoms with van der Waals surface area (Å²) in [7, 11) is 1.62. The lowest BCUT2D eigenvalue weighted by Gasteiger charge is -2.27. The third-order valence-electron chi connectivity index (χ3n) is 2.45. The Balaban J connectivity index is 3.21. The van der Waals surface area contributed by atoms with Crippen molar-refractivity contribution in [3.8, 4) is 0 Å². The van der Waals surface area contributed by atoms with Crippen molar-refractivity contribution in [3.63, 3.8) is 0 Å². The fourth-order valence-corrected chi connectivity index (χ4v) is 1.47. The predicted molar refractivity (Wildman–Crippen MR) is 59.2 cm³/mol. The number of aromatic nitrogens is 1. The summed E-state index contributed by atoms with van der Waals surface area (Å²) in [6, 6.07) is 3.06. The number of halogens is 3. The third kappa shape index (κ3) is 2.95. The van der Waals surface area contributed by atoms with E-state index in [0.29, 0.717) is 5.56 Å². The van der Waals surface area contributed by atoms with Crippen molar-refractivity contribution < 1.29 is 32.4 Å². The van der Waals surface area contributed by atoms with Crippen LogP contribution in [0, 0.1) is 6.92 Å². The first-order valence-electron chi connectivity index (χ1n) is 5.23. The van der Waals surface area contributed by atoms with E-state index in [9.17, 15) is 18.0 Å². The van der Waals surface area contributed by atoms with Crippen LogP contribution in [0.2, 0.25) is 0 Å². The van der Waals surface area contributed by atoms with E-state index in [4.69, 9.17) is 0 Å². The van der Waals surface area contributed by atoms with Gasteiger partial charge >= 0.3 is 17.9 Å². The number of methoxy groups -OCH3 is 2. The molecule has 0 amide bonds. The van der Waals surface area contributed by atoms with Gasteiger partial charge in [-0.2, -0.15) is 13.2 Å². The van der Waals surface area contributed by atoms with Crippen molar-refractivity contribution in [1.82, 2.24) is 0 Å². The molecule has 0 aliphatic carbocycles. The van der Waals surface area contributed by atoms with Crippen LogP contribution >= 0.6 is 0 Å². The van der Waals surface area contributed by atoms with E-state index in [1.807, 2.05) is 5.32 Å². The van der Waals surface area contributed by atoms with E-state index in [0.717, 1.165) is 14.2 Å². The zero-order chi connectivity index (χ0) is 14.7. The van der Waals surface area contributed by atoms with Gasteiger partial charge in [0.05, 0.1) is 13.3 Å². The Labute approximate surface area is 107 Å². The van der Waals surface area contributed by atoms with Crippen LogP contribution in [0.3, 0.4) is 0 Å². The van der Waals surface area contributed by atoms with Crippen molar-refractivity contribution in [2.45, 2.75) is 18.8 Å². The molecule has 2 N–H and O–H groups in total. The summed E-state index contributed by atoms with van der Waals surface area (Å²) >= 11 is 0. The topological polar surface area (TPSA) is 61.7 Å². The molecule has 19 heavy (non-hydrogen) atoms. The van der Waals surface area contributed by atoms with E-state index in [1.165, 1.54) is 12.3 Å². The van der Waals surface area contributed by atoms with Crippen LogP contribution in [0.15, 0.2) is 18.3 Å². The van der Waals surface area contributed by atoms with Gasteiger partial charge in [0, 0.05) is 13.2 Å². The summed E-state index contributed by atoms with van der Waals surface area (Å²) in [6.45, 7) is 1.69. The van der Waals surface area contributed by atoms with Crippen LogP contribution in [-0.4, -0.2) is 32.1 Å². The maximum atomic E-state index is 13.1. The molecule has 1 rings (SSSR count). The highest BCUT2D eigenvalue weighted by Gasteiger charge is 2.67. The highest BCUT2D eigenvalue weighted by atomic mass is 19.4. The maximum absolute atomic E-state index is 13.1. The molecule has 1 aromatic heterocycles. The molecular weight excluding hydrogens is 265 g/mol. The van der Waals surface area contributed by atoms with E-state index < -0.39 is 17.9 Å². The minimum absolute atomic E-state index is 0.0235. The van der Waals surface area contributed by atoms with E-state index >= 15 is 0 Å². The molecule has 0 spiro atoms. The lowest BCUT2D eigenvalue weighted by Crippen LogP contribution is -2.60. The monoisotopic (exact) mass is 279 g/mol. The molecule has 1 atom stereocenters. The lowest BCUT2D eigenvalue weighted by atomic mass is 10.2. The normalized spacial score (nSPS) is 14.6. The summed E-state index contributed by atoms with van der Waals surface area (Å²) in [6.07, 6.45) is -3.56. The molecule has 0 bridgehead atoms. The first-order chi connectivity index (χ1) is 8.76. The van der Waals surface area contributed by atoms with Gasteiger partial charge in [-0.05, 0) is 18.6 Å². The van der Waals surface area contributed by atoms with Gasteiger partial charge in [-0.1, -0.05) is 0 Å². The second-order valence-electron chi connectivity index (χ2n) is 3.78. The summed E-state index contributed by atoms with van der Waals surface area (Å²) < 4.78 is 47.8. The number of hydrogen-bond acceptors (Lipinski definition) is 4. The molecule has 0 saturated heterocycles. The molecule has 1 aromatic rings. The van der Waals surface area contributed by atoms with Crippen LogP contribution in [0.25, 0.3) is 0 Å². The fraction of sp³-hybridized carbons (Fsp3) is 0.455. The second-order valence-corrected chi connectivity index (χ2v) is 3.78. The molecule has 0 radical (unpaired) electrons. The Bertz CT molecular complexity index is 465. The van der Waals surface area contributed by atoms with Crippen LogP contribution < -0.4 is 10.3 Å². The third-order valence-corrected chi connectivity index (χ3v) is 2.45. The molecule has 0 aromatic carbocycles. The van der Waals surface area contributed by atoms with Gasteiger partial charge in [-0.3, -0.25) is 0 Å². The number of hydrogen-bond donors (Lipinski definition) is 1. The molecule has 0 fully saturated rings. The average Bonchev–Trinajstić information content (AvgIpc) is 2.33. The molecule has 0 aliphatic heterocycles. The van der Waals surface area contributed by atoms with Crippen LogP contribution in [0.4, 0.5) is 19.0 Å². The van der Waals surface area contributed by atoms with Gasteiger partial charge in [-0.15, -0.1) is 0 Å². The van der Waals surface area contributed by atoms with Crippen LogP contribution in [0.1, 0.15) is 5.56 Å². The number of pyridine rings is 1. The number of alkyl halides is 3. The van der Waals surface area contributed by atoms with Crippen molar-refractivity contribution in [2.75, 3.05) is 19.5 Å². The largest absolute Gasteiger partial charge is 0.471 e. The van der Waals surface area contributed by atoms with E-state index in [1.54, 1.807) is 13.0 Å². The molecule has 106 valence electrons. The second kappa shape index (κ2) is 5.43. The SMILES string of the molecule is COC(=O)[C@](Nc1cc(C)cc[nH+]1)(OC)C(F)(F)F. The molecule has 8 heteroatoms. The fourth-order valence-electron chi connectivity index (χ4n) is 1.47. The van der Waals surface area contributed by atoms with Gasteiger partial charge in [0.15, 0.2) is 0 Å². The molecule has 0 saturated carbocycles. The molecule has 1 heterocycles. The molecule has 5 nitrogen and oxygen atoms in total. The number of H-pyrrole nitrogens is 1. The summed E-state index contributed by atoms with van der Waals surface area (Å²) in [5, 5.41) is 2.00. The molecule has 0 aliphatic rings. The minimum Gasteiger partial charge on any atom is -0.463 e. The van der Waals surface area contributed by atoms with Gasteiger partial charge in [0.25, 0.3) is 5.82 Å². The number of nitrogens with one attached hydrogen (secondary N) is 2. The molecular formula is C11H14F3N2O3+. The number of esters is 1. The highest BCUT2D eigenvalue weighted by Crippen LogP contribution is 2.34. The van der Waals surface area contributed by atoms with Crippen LogP contribution in [-0.2, 0) is 14.3 Å².